The fourth-order valence-electron chi connectivity index (χ4n) is 2.56. The van der Waals surface area contributed by atoms with Crippen LogP contribution in [0.2, 0.25) is 0 Å². The summed E-state index contributed by atoms with van der Waals surface area (Å²) in [5.41, 5.74) is 6.44. The minimum Gasteiger partial charge on any atom is -0.329 e. The van der Waals surface area contributed by atoms with Crippen LogP contribution >= 0.6 is 0 Å². The van der Waals surface area contributed by atoms with E-state index in [1.165, 1.54) is 0 Å². The van der Waals surface area contributed by atoms with E-state index in [9.17, 15) is 5.26 Å². The van der Waals surface area contributed by atoms with Crippen molar-refractivity contribution in [2.45, 2.75) is 18.3 Å². The van der Waals surface area contributed by atoms with Crippen molar-refractivity contribution in [1.29, 1.82) is 5.26 Å². The van der Waals surface area contributed by atoms with E-state index in [1.807, 2.05) is 18.2 Å². The van der Waals surface area contributed by atoms with Gasteiger partial charge in [0.2, 0.25) is 0 Å². The molecular weight excluding hydrogens is 210 g/mol. The first-order valence-electron chi connectivity index (χ1n) is 6.20. The lowest BCUT2D eigenvalue weighted by atomic mass is 9.74. The number of hydrogen-bond donors (Lipinski definition) is 1. The van der Waals surface area contributed by atoms with Gasteiger partial charge in [0.15, 0.2) is 0 Å². The Morgan fingerprint density at radius 1 is 1.24 bits per heavy atom. The third kappa shape index (κ3) is 2.49. The highest BCUT2D eigenvalue weighted by molar-refractivity contribution is 5.33. The zero-order valence-electron chi connectivity index (χ0n) is 10.1. The number of hydrogen-bond acceptors (Lipinski definition) is 3. The molecule has 3 nitrogen and oxygen atoms in total. The summed E-state index contributed by atoms with van der Waals surface area (Å²) in [6.45, 7) is 3.58. The Kier molecular flexibility index (Phi) is 3.78. The highest BCUT2D eigenvalue weighted by Crippen LogP contribution is 2.34. The molecule has 90 valence electrons. The zero-order chi connectivity index (χ0) is 12.1. The van der Waals surface area contributed by atoms with Gasteiger partial charge < -0.3 is 10.6 Å². The first-order valence-corrected chi connectivity index (χ1v) is 6.20. The van der Waals surface area contributed by atoms with Gasteiger partial charge >= 0.3 is 0 Å². The predicted molar refractivity (Wildman–Crippen MR) is 68.5 cm³/mol. The number of nitrogens with two attached hydrogens (primary N) is 1. The van der Waals surface area contributed by atoms with Gasteiger partial charge in [-0.05, 0) is 18.4 Å². The van der Waals surface area contributed by atoms with Crippen molar-refractivity contribution >= 4 is 0 Å². The molecule has 0 amide bonds. The lowest BCUT2D eigenvalue weighted by molar-refractivity contribution is 0.190. The molecule has 0 unspecified atom stereocenters. The van der Waals surface area contributed by atoms with Crippen molar-refractivity contribution in [2.24, 2.45) is 5.73 Å². The van der Waals surface area contributed by atoms with E-state index in [4.69, 9.17) is 5.73 Å². The van der Waals surface area contributed by atoms with E-state index in [-0.39, 0.29) is 5.41 Å². The van der Waals surface area contributed by atoms with Crippen molar-refractivity contribution in [1.82, 2.24) is 4.90 Å². The molecule has 0 aromatic heterocycles. The number of likely N-dealkylation sites (tertiary alicyclic amines) is 1. The summed E-state index contributed by atoms with van der Waals surface area (Å²) in [6, 6.07) is 12.7. The number of rotatable bonds is 3. The second kappa shape index (κ2) is 5.31. The third-order valence-electron chi connectivity index (χ3n) is 3.70. The monoisotopic (exact) mass is 229 g/mol. The Bertz CT molecular complexity index is 386. The lowest BCUT2D eigenvalue weighted by Gasteiger charge is -2.37. The molecular formula is C14H19N3. The van der Waals surface area contributed by atoms with Crippen LogP contribution < -0.4 is 5.73 Å². The van der Waals surface area contributed by atoms with Gasteiger partial charge in [0, 0.05) is 26.2 Å². The van der Waals surface area contributed by atoms with Gasteiger partial charge in [0.25, 0.3) is 0 Å². The van der Waals surface area contributed by atoms with E-state index in [0.717, 1.165) is 38.0 Å². The SMILES string of the molecule is N#CC1(c2ccccc2)CCN(CCN)CC1. The molecule has 1 saturated heterocycles. The molecule has 0 saturated carbocycles. The molecule has 3 heteroatoms. The van der Waals surface area contributed by atoms with E-state index < -0.39 is 0 Å². The third-order valence-corrected chi connectivity index (χ3v) is 3.70. The van der Waals surface area contributed by atoms with Crippen molar-refractivity contribution in [3.63, 3.8) is 0 Å². The standard InChI is InChI=1S/C14H19N3/c15-8-11-17-9-6-14(12-16,7-10-17)13-4-2-1-3-5-13/h1-5H,6-11,15H2. The normalized spacial score (nSPS) is 19.8. The Labute approximate surface area is 103 Å². The Morgan fingerprint density at radius 2 is 1.88 bits per heavy atom. The van der Waals surface area contributed by atoms with Crippen LogP contribution in [0, 0.1) is 11.3 Å². The van der Waals surface area contributed by atoms with E-state index in [0.29, 0.717) is 6.54 Å². The number of benzene rings is 1. The summed E-state index contributed by atoms with van der Waals surface area (Å²) in [7, 11) is 0. The molecule has 1 fully saturated rings. The minimum absolute atomic E-state index is 0.285. The highest BCUT2D eigenvalue weighted by Gasteiger charge is 2.35. The molecule has 0 atom stereocenters. The largest absolute Gasteiger partial charge is 0.329 e. The van der Waals surface area contributed by atoms with Crippen LogP contribution in [0.5, 0.6) is 0 Å². The van der Waals surface area contributed by atoms with Crippen molar-refractivity contribution in [2.75, 3.05) is 26.2 Å². The first kappa shape index (κ1) is 12.1. The van der Waals surface area contributed by atoms with Crippen LogP contribution in [-0.2, 0) is 5.41 Å². The van der Waals surface area contributed by atoms with Gasteiger partial charge in [0.05, 0.1) is 11.5 Å². The topological polar surface area (TPSA) is 53.0 Å². The summed E-state index contributed by atoms with van der Waals surface area (Å²) >= 11 is 0. The maximum atomic E-state index is 9.52. The van der Waals surface area contributed by atoms with Gasteiger partial charge in [-0.15, -0.1) is 0 Å². The summed E-state index contributed by atoms with van der Waals surface area (Å²) in [6.07, 6.45) is 1.82. The minimum atomic E-state index is -0.285. The predicted octanol–water partition coefficient (Wildman–Crippen LogP) is 1.50. The van der Waals surface area contributed by atoms with E-state index in [2.05, 4.69) is 23.1 Å². The molecule has 0 bridgehead atoms. The molecule has 2 rings (SSSR count). The maximum absolute atomic E-state index is 9.52. The molecule has 1 aromatic carbocycles. The van der Waals surface area contributed by atoms with Gasteiger partial charge in [-0.25, -0.2) is 0 Å². The fraction of sp³-hybridized carbons (Fsp3) is 0.500. The Morgan fingerprint density at radius 3 is 2.41 bits per heavy atom. The van der Waals surface area contributed by atoms with Crippen LogP contribution in [0.15, 0.2) is 30.3 Å². The molecule has 2 N–H and O–H groups in total. The average molecular weight is 229 g/mol. The van der Waals surface area contributed by atoms with Crippen molar-refractivity contribution < 1.29 is 0 Å². The molecule has 1 heterocycles. The summed E-state index contributed by atoms with van der Waals surface area (Å²) < 4.78 is 0. The van der Waals surface area contributed by atoms with Gasteiger partial charge in [-0.3, -0.25) is 0 Å². The van der Waals surface area contributed by atoms with Crippen LogP contribution in [0.1, 0.15) is 18.4 Å². The molecule has 1 aliphatic heterocycles. The Balaban J connectivity index is 2.12. The van der Waals surface area contributed by atoms with Crippen LogP contribution in [0.3, 0.4) is 0 Å². The van der Waals surface area contributed by atoms with Gasteiger partial charge in [-0.1, -0.05) is 30.3 Å². The number of nitriles is 1. The average Bonchev–Trinajstić information content (AvgIpc) is 2.41. The molecule has 0 aliphatic carbocycles. The second-order valence-corrected chi connectivity index (χ2v) is 4.69. The van der Waals surface area contributed by atoms with Crippen molar-refractivity contribution in [3.05, 3.63) is 35.9 Å². The van der Waals surface area contributed by atoms with E-state index >= 15 is 0 Å². The fourth-order valence-corrected chi connectivity index (χ4v) is 2.56. The van der Waals surface area contributed by atoms with Gasteiger partial charge in [0.1, 0.15) is 0 Å². The zero-order valence-corrected chi connectivity index (χ0v) is 10.1. The summed E-state index contributed by atoms with van der Waals surface area (Å²) in [5.74, 6) is 0. The quantitative estimate of drug-likeness (QED) is 0.854. The summed E-state index contributed by atoms with van der Waals surface area (Å²) in [4.78, 5) is 2.35. The van der Waals surface area contributed by atoms with E-state index in [1.54, 1.807) is 0 Å². The second-order valence-electron chi connectivity index (χ2n) is 4.69. The van der Waals surface area contributed by atoms with Crippen LogP contribution in [-0.4, -0.2) is 31.1 Å². The van der Waals surface area contributed by atoms with Gasteiger partial charge in [-0.2, -0.15) is 5.26 Å². The molecule has 0 radical (unpaired) electrons. The van der Waals surface area contributed by atoms with Crippen molar-refractivity contribution in [3.8, 4) is 6.07 Å². The highest BCUT2D eigenvalue weighted by atomic mass is 15.1. The molecule has 1 aliphatic rings. The molecule has 17 heavy (non-hydrogen) atoms. The first-order chi connectivity index (χ1) is 8.30. The number of piperidine rings is 1. The smallest absolute Gasteiger partial charge is 0.0846 e. The number of nitrogens with zero attached hydrogens (tertiary/aromatic N) is 2. The molecule has 0 spiro atoms. The lowest BCUT2D eigenvalue weighted by Crippen LogP contribution is -2.43. The van der Waals surface area contributed by atoms with Crippen LogP contribution in [0.25, 0.3) is 0 Å². The maximum Gasteiger partial charge on any atom is 0.0846 e. The summed E-state index contributed by atoms with van der Waals surface area (Å²) in [5, 5.41) is 9.52. The molecule has 1 aromatic rings. The Hall–Kier alpha value is -1.37. The van der Waals surface area contributed by atoms with Crippen LogP contribution in [0.4, 0.5) is 0 Å².